The van der Waals surface area contributed by atoms with Crippen molar-refractivity contribution in [1.29, 1.82) is 0 Å². The lowest BCUT2D eigenvalue weighted by molar-refractivity contribution is -0.119. The van der Waals surface area contributed by atoms with Crippen LogP contribution in [0.3, 0.4) is 0 Å². The Morgan fingerprint density at radius 3 is 2.70 bits per heavy atom. The molecule has 0 spiro atoms. The fourth-order valence-electron chi connectivity index (χ4n) is 2.10. The van der Waals surface area contributed by atoms with E-state index >= 15 is 0 Å². The molecule has 23 heavy (non-hydrogen) atoms. The van der Waals surface area contributed by atoms with Gasteiger partial charge in [-0.25, -0.2) is 4.99 Å². The fraction of sp³-hybridized carbons (Fsp3) is 0.500. The molecular formula is C16H22Cl2N4O. The van der Waals surface area contributed by atoms with E-state index in [2.05, 4.69) is 15.6 Å². The number of nitrogens with one attached hydrogen (secondary N) is 2. The van der Waals surface area contributed by atoms with Crippen LogP contribution in [0.15, 0.2) is 23.2 Å². The Kier molecular flexibility index (Phi) is 6.54. The summed E-state index contributed by atoms with van der Waals surface area (Å²) < 4.78 is 0. The standard InChI is InChI=1S/C16H22Cl2N4O/c1-3-19-16(20-9-15(23)21-12-5-6-12)22(2)10-11-4-7-13(17)14(18)8-11/h4,7-8,12H,3,5-6,9-10H2,1-2H3,(H,19,20)(H,21,23). The SMILES string of the molecule is CCNC(=NCC(=O)NC1CC1)N(C)Cc1ccc(Cl)c(Cl)c1. The minimum atomic E-state index is -0.0363. The molecule has 1 aromatic carbocycles. The van der Waals surface area contributed by atoms with E-state index in [1.165, 1.54) is 0 Å². The molecule has 0 unspecified atom stereocenters. The summed E-state index contributed by atoms with van der Waals surface area (Å²) in [6, 6.07) is 5.90. The number of hydrogen-bond donors (Lipinski definition) is 2. The summed E-state index contributed by atoms with van der Waals surface area (Å²) in [6.45, 7) is 3.47. The molecule has 0 aliphatic heterocycles. The zero-order valence-electron chi connectivity index (χ0n) is 13.4. The lowest BCUT2D eigenvalue weighted by Gasteiger charge is -2.22. The number of aliphatic imine (C=N–C) groups is 1. The van der Waals surface area contributed by atoms with Gasteiger partial charge in [-0.1, -0.05) is 29.3 Å². The van der Waals surface area contributed by atoms with E-state index in [9.17, 15) is 4.79 Å². The maximum atomic E-state index is 11.8. The Morgan fingerprint density at radius 2 is 2.09 bits per heavy atom. The van der Waals surface area contributed by atoms with E-state index < -0.39 is 0 Å². The van der Waals surface area contributed by atoms with Gasteiger partial charge in [0.2, 0.25) is 5.91 Å². The highest BCUT2D eigenvalue weighted by molar-refractivity contribution is 6.42. The van der Waals surface area contributed by atoms with Gasteiger partial charge in [-0.15, -0.1) is 0 Å². The molecule has 1 aliphatic rings. The van der Waals surface area contributed by atoms with Gasteiger partial charge in [-0.05, 0) is 37.5 Å². The van der Waals surface area contributed by atoms with Crippen molar-refractivity contribution in [1.82, 2.24) is 15.5 Å². The number of rotatable bonds is 6. The van der Waals surface area contributed by atoms with E-state index in [1.807, 2.05) is 31.0 Å². The first-order valence-electron chi connectivity index (χ1n) is 7.72. The molecule has 0 heterocycles. The van der Waals surface area contributed by atoms with Crippen molar-refractivity contribution in [2.75, 3.05) is 20.1 Å². The molecule has 126 valence electrons. The highest BCUT2D eigenvalue weighted by Crippen LogP contribution is 2.23. The van der Waals surface area contributed by atoms with E-state index in [4.69, 9.17) is 23.2 Å². The van der Waals surface area contributed by atoms with Crippen LogP contribution in [0.1, 0.15) is 25.3 Å². The molecule has 1 aromatic rings. The monoisotopic (exact) mass is 356 g/mol. The number of halogens is 2. The number of benzene rings is 1. The number of carbonyl (C=O) groups is 1. The quantitative estimate of drug-likeness (QED) is 0.608. The summed E-state index contributed by atoms with van der Waals surface area (Å²) in [4.78, 5) is 18.1. The average Bonchev–Trinajstić information content (AvgIpc) is 3.31. The molecule has 1 aliphatic carbocycles. The van der Waals surface area contributed by atoms with Crippen molar-refractivity contribution in [3.05, 3.63) is 33.8 Å². The number of hydrogen-bond acceptors (Lipinski definition) is 2. The van der Waals surface area contributed by atoms with Crippen LogP contribution in [0.25, 0.3) is 0 Å². The van der Waals surface area contributed by atoms with Crippen molar-refractivity contribution in [3.8, 4) is 0 Å². The predicted octanol–water partition coefficient (Wildman–Crippen LogP) is 2.67. The summed E-state index contributed by atoms with van der Waals surface area (Å²) in [5, 5.41) is 7.19. The van der Waals surface area contributed by atoms with Crippen LogP contribution in [0, 0.1) is 0 Å². The number of nitrogens with zero attached hydrogens (tertiary/aromatic N) is 2. The molecule has 5 nitrogen and oxygen atoms in total. The Bertz CT molecular complexity index is 587. The van der Waals surface area contributed by atoms with Gasteiger partial charge in [0.05, 0.1) is 10.0 Å². The van der Waals surface area contributed by atoms with Crippen molar-refractivity contribution < 1.29 is 4.79 Å². The Hall–Kier alpha value is -1.46. The number of guanidine groups is 1. The molecule has 2 rings (SSSR count). The van der Waals surface area contributed by atoms with Crippen molar-refractivity contribution in [3.63, 3.8) is 0 Å². The highest BCUT2D eigenvalue weighted by Gasteiger charge is 2.23. The largest absolute Gasteiger partial charge is 0.357 e. The third kappa shape index (κ3) is 5.92. The van der Waals surface area contributed by atoms with E-state index in [1.54, 1.807) is 6.07 Å². The average molecular weight is 357 g/mol. The van der Waals surface area contributed by atoms with Gasteiger partial charge in [0.15, 0.2) is 5.96 Å². The van der Waals surface area contributed by atoms with Crippen LogP contribution in [-0.2, 0) is 11.3 Å². The molecular weight excluding hydrogens is 335 g/mol. The zero-order valence-corrected chi connectivity index (χ0v) is 14.9. The molecule has 0 atom stereocenters. The molecule has 0 aromatic heterocycles. The third-order valence-electron chi connectivity index (χ3n) is 3.42. The highest BCUT2D eigenvalue weighted by atomic mass is 35.5. The Labute approximate surface area is 147 Å². The van der Waals surface area contributed by atoms with Crippen LogP contribution in [-0.4, -0.2) is 42.9 Å². The van der Waals surface area contributed by atoms with Gasteiger partial charge in [0, 0.05) is 26.2 Å². The molecule has 2 N–H and O–H groups in total. The Morgan fingerprint density at radius 1 is 1.35 bits per heavy atom. The summed E-state index contributed by atoms with van der Waals surface area (Å²) in [5.74, 6) is 0.648. The topological polar surface area (TPSA) is 56.7 Å². The molecule has 1 amide bonds. The van der Waals surface area contributed by atoms with Gasteiger partial charge >= 0.3 is 0 Å². The van der Waals surface area contributed by atoms with Gasteiger partial charge in [0.1, 0.15) is 6.54 Å². The van der Waals surface area contributed by atoms with Crippen LogP contribution in [0.4, 0.5) is 0 Å². The summed E-state index contributed by atoms with van der Waals surface area (Å²) in [5.41, 5.74) is 1.02. The normalized spacial score (nSPS) is 14.5. The van der Waals surface area contributed by atoms with Crippen molar-refractivity contribution in [2.24, 2.45) is 4.99 Å². The second kappa shape index (κ2) is 8.41. The predicted molar refractivity (Wildman–Crippen MR) is 95.1 cm³/mol. The first-order valence-corrected chi connectivity index (χ1v) is 8.48. The zero-order chi connectivity index (χ0) is 16.8. The second-order valence-electron chi connectivity index (χ2n) is 5.62. The van der Waals surface area contributed by atoms with Crippen LogP contribution >= 0.6 is 23.2 Å². The molecule has 0 saturated heterocycles. The van der Waals surface area contributed by atoms with Gasteiger partial charge in [0.25, 0.3) is 0 Å². The maximum Gasteiger partial charge on any atom is 0.242 e. The van der Waals surface area contributed by atoms with Gasteiger partial charge < -0.3 is 15.5 Å². The van der Waals surface area contributed by atoms with E-state index in [0.29, 0.717) is 28.6 Å². The van der Waals surface area contributed by atoms with Crippen LogP contribution in [0.2, 0.25) is 10.0 Å². The van der Waals surface area contributed by atoms with Crippen LogP contribution < -0.4 is 10.6 Å². The van der Waals surface area contributed by atoms with Crippen LogP contribution in [0.5, 0.6) is 0 Å². The summed E-state index contributed by atoms with van der Waals surface area (Å²) >= 11 is 12.0. The number of carbonyl (C=O) groups excluding carboxylic acids is 1. The summed E-state index contributed by atoms with van der Waals surface area (Å²) in [7, 11) is 1.92. The molecule has 0 radical (unpaired) electrons. The lowest BCUT2D eigenvalue weighted by Crippen LogP contribution is -2.39. The minimum absolute atomic E-state index is 0.0363. The third-order valence-corrected chi connectivity index (χ3v) is 4.15. The van der Waals surface area contributed by atoms with Gasteiger partial charge in [-0.2, -0.15) is 0 Å². The fourth-order valence-corrected chi connectivity index (χ4v) is 2.42. The van der Waals surface area contributed by atoms with E-state index in [-0.39, 0.29) is 12.5 Å². The van der Waals surface area contributed by atoms with E-state index in [0.717, 1.165) is 24.9 Å². The smallest absolute Gasteiger partial charge is 0.242 e. The minimum Gasteiger partial charge on any atom is -0.357 e. The maximum absolute atomic E-state index is 11.8. The van der Waals surface area contributed by atoms with Crippen molar-refractivity contribution >= 4 is 35.1 Å². The second-order valence-corrected chi connectivity index (χ2v) is 6.43. The van der Waals surface area contributed by atoms with Gasteiger partial charge in [-0.3, -0.25) is 4.79 Å². The Balaban J connectivity index is 1.96. The summed E-state index contributed by atoms with van der Waals surface area (Å²) in [6.07, 6.45) is 2.15. The molecule has 7 heteroatoms. The molecule has 1 saturated carbocycles. The van der Waals surface area contributed by atoms with Crippen molar-refractivity contribution in [2.45, 2.75) is 32.4 Å². The molecule has 0 bridgehead atoms. The number of amides is 1. The first kappa shape index (κ1) is 17.9. The molecule has 1 fully saturated rings. The first-order chi connectivity index (χ1) is 11.0. The lowest BCUT2D eigenvalue weighted by atomic mass is 10.2.